The fourth-order valence-corrected chi connectivity index (χ4v) is 2.16. The second kappa shape index (κ2) is 7.72. The maximum Gasteiger partial charge on any atom is 0.248 e. The Balaban J connectivity index is 0.000000204. The lowest BCUT2D eigenvalue weighted by Crippen LogP contribution is -2.02. The number of thioether (sulfide) groups is 1. The van der Waals surface area contributed by atoms with Gasteiger partial charge in [-0.1, -0.05) is 35.0 Å². The van der Waals surface area contributed by atoms with Crippen LogP contribution in [-0.2, 0) is 9.84 Å². The highest BCUT2D eigenvalue weighted by Crippen LogP contribution is 2.10. The molecule has 6 nitrogen and oxygen atoms in total. The Morgan fingerprint density at radius 1 is 1.05 bits per heavy atom. The number of halogens is 2. The van der Waals surface area contributed by atoms with Crippen LogP contribution in [-0.4, -0.2) is 40.9 Å². The number of hydrogen-bond donors (Lipinski definition) is 0. The van der Waals surface area contributed by atoms with Crippen LogP contribution in [0.3, 0.4) is 0 Å². The van der Waals surface area contributed by atoms with Crippen LogP contribution in [0.15, 0.2) is 34.8 Å². The van der Waals surface area contributed by atoms with Gasteiger partial charge in [0.15, 0.2) is 5.16 Å². The molecule has 0 aliphatic rings. The standard InChI is InChI=1S/C5H5ClN2O2S.C5H5ClN2S/c1-11(9,10)5-7-3-2-4(6)8-5;1-9-5-7-3-2-4(6)8-5/h2-3H,1H3;2-3H,1H3. The molecular weight excluding hydrogens is 343 g/mol. The van der Waals surface area contributed by atoms with E-state index in [9.17, 15) is 8.42 Å². The molecule has 108 valence electrons. The monoisotopic (exact) mass is 352 g/mol. The van der Waals surface area contributed by atoms with Gasteiger partial charge in [-0.05, 0) is 18.4 Å². The Morgan fingerprint density at radius 2 is 1.60 bits per heavy atom. The van der Waals surface area contributed by atoms with Gasteiger partial charge in [0.25, 0.3) is 0 Å². The lowest BCUT2D eigenvalue weighted by molar-refractivity contribution is 0.593. The Bertz CT molecular complexity index is 682. The van der Waals surface area contributed by atoms with E-state index in [4.69, 9.17) is 23.2 Å². The molecule has 2 rings (SSSR count). The van der Waals surface area contributed by atoms with Gasteiger partial charge in [0.2, 0.25) is 15.0 Å². The third-order valence-electron chi connectivity index (χ3n) is 1.71. The summed E-state index contributed by atoms with van der Waals surface area (Å²) >= 11 is 12.5. The molecular formula is C10H10Cl2N4O2S2. The summed E-state index contributed by atoms with van der Waals surface area (Å²) in [6.45, 7) is 0. The van der Waals surface area contributed by atoms with E-state index < -0.39 is 9.84 Å². The van der Waals surface area contributed by atoms with Gasteiger partial charge in [-0.25, -0.2) is 28.4 Å². The second-order valence-electron chi connectivity index (χ2n) is 3.30. The average Bonchev–Trinajstić information content (AvgIpc) is 2.38. The number of sulfone groups is 1. The smallest absolute Gasteiger partial charge is 0.231 e. The third kappa shape index (κ3) is 6.00. The van der Waals surface area contributed by atoms with E-state index in [0.717, 1.165) is 6.26 Å². The molecule has 0 radical (unpaired) electrons. The number of aromatic nitrogens is 4. The molecule has 20 heavy (non-hydrogen) atoms. The number of nitrogens with zero attached hydrogens (tertiary/aromatic N) is 4. The van der Waals surface area contributed by atoms with Gasteiger partial charge in [0, 0.05) is 18.6 Å². The van der Waals surface area contributed by atoms with Crippen LogP contribution in [0, 0.1) is 0 Å². The average molecular weight is 353 g/mol. The Hall–Kier alpha value is -0.960. The number of hydrogen-bond acceptors (Lipinski definition) is 7. The first-order valence-electron chi connectivity index (χ1n) is 5.04. The van der Waals surface area contributed by atoms with Gasteiger partial charge in [-0.2, -0.15) is 0 Å². The predicted octanol–water partition coefficient (Wildman–Crippen LogP) is 2.39. The summed E-state index contributed by atoms with van der Waals surface area (Å²) in [5.74, 6) is 0. The zero-order valence-electron chi connectivity index (χ0n) is 10.5. The molecule has 0 aliphatic carbocycles. The van der Waals surface area contributed by atoms with Crippen LogP contribution < -0.4 is 0 Å². The first-order chi connectivity index (χ1) is 9.32. The summed E-state index contributed by atoms with van der Waals surface area (Å²) in [6.07, 6.45) is 5.87. The summed E-state index contributed by atoms with van der Waals surface area (Å²) in [7, 11) is -3.33. The molecule has 2 aromatic rings. The van der Waals surface area contributed by atoms with Crippen molar-refractivity contribution in [1.29, 1.82) is 0 Å². The highest BCUT2D eigenvalue weighted by atomic mass is 35.5. The van der Waals surface area contributed by atoms with Crippen LogP contribution in [0.4, 0.5) is 0 Å². The van der Waals surface area contributed by atoms with Crippen LogP contribution in [0.25, 0.3) is 0 Å². The van der Waals surface area contributed by atoms with Gasteiger partial charge in [0.1, 0.15) is 10.3 Å². The molecule has 0 fully saturated rings. The maximum atomic E-state index is 10.8. The molecule has 0 atom stereocenters. The lowest BCUT2D eigenvalue weighted by Gasteiger charge is -1.94. The van der Waals surface area contributed by atoms with Crippen molar-refractivity contribution < 1.29 is 8.42 Å². The highest BCUT2D eigenvalue weighted by Gasteiger charge is 2.09. The first-order valence-corrected chi connectivity index (χ1v) is 8.91. The van der Waals surface area contributed by atoms with Gasteiger partial charge < -0.3 is 0 Å². The van der Waals surface area contributed by atoms with Crippen LogP contribution >= 0.6 is 35.0 Å². The Kier molecular flexibility index (Phi) is 6.60. The Morgan fingerprint density at radius 3 is 1.95 bits per heavy atom. The summed E-state index contributed by atoms with van der Waals surface area (Å²) in [4.78, 5) is 14.9. The molecule has 0 bridgehead atoms. The zero-order valence-corrected chi connectivity index (χ0v) is 13.6. The van der Waals surface area contributed by atoms with Crippen molar-refractivity contribution in [2.45, 2.75) is 10.3 Å². The van der Waals surface area contributed by atoms with E-state index in [1.165, 1.54) is 24.0 Å². The molecule has 0 saturated carbocycles. The molecule has 0 unspecified atom stereocenters. The summed E-state index contributed by atoms with van der Waals surface area (Å²) in [5, 5.41) is 1.09. The predicted molar refractivity (Wildman–Crippen MR) is 79.0 cm³/mol. The van der Waals surface area contributed by atoms with Gasteiger partial charge in [0.05, 0.1) is 0 Å². The molecule has 0 aliphatic heterocycles. The van der Waals surface area contributed by atoms with Crippen molar-refractivity contribution in [3.63, 3.8) is 0 Å². The summed E-state index contributed by atoms with van der Waals surface area (Å²) in [5.41, 5.74) is 0. The summed E-state index contributed by atoms with van der Waals surface area (Å²) < 4.78 is 21.6. The van der Waals surface area contributed by atoms with Crippen LogP contribution in [0.5, 0.6) is 0 Å². The van der Waals surface area contributed by atoms with E-state index in [1.54, 1.807) is 12.3 Å². The number of rotatable bonds is 2. The largest absolute Gasteiger partial charge is 0.248 e. The van der Waals surface area contributed by atoms with Crippen molar-refractivity contribution in [1.82, 2.24) is 19.9 Å². The first kappa shape index (κ1) is 17.1. The van der Waals surface area contributed by atoms with Crippen molar-refractivity contribution in [3.8, 4) is 0 Å². The molecule has 0 aromatic carbocycles. The minimum Gasteiger partial charge on any atom is -0.231 e. The Labute approximate surface area is 130 Å². The molecule has 0 saturated heterocycles. The van der Waals surface area contributed by atoms with Gasteiger partial charge >= 0.3 is 0 Å². The SMILES string of the molecule is CS(=O)(=O)c1nccc(Cl)n1.CSc1nccc(Cl)n1. The zero-order chi connectivity index (χ0) is 15.2. The normalized spacial score (nSPS) is 10.6. The fraction of sp³-hybridized carbons (Fsp3) is 0.200. The van der Waals surface area contributed by atoms with Crippen molar-refractivity contribution >= 4 is 44.8 Å². The molecule has 10 heteroatoms. The molecule has 0 spiro atoms. The van der Waals surface area contributed by atoms with Crippen LogP contribution in [0.1, 0.15) is 0 Å². The van der Waals surface area contributed by atoms with Gasteiger partial charge in [-0.15, -0.1) is 0 Å². The lowest BCUT2D eigenvalue weighted by atomic mass is 10.7. The topological polar surface area (TPSA) is 85.7 Å². The van der Waals surface area contributed by atoms with E-state index >= 15 is 0 Å². The van der Waals surface area contributed by atoms with E-state index in [1.807, 2.05) is 6.26 Å². The van der Waals surface area contributed by atoms with Crippen molar-refractivity contribution in [2.24, 2.45) is 0 Å². The van der Waals surface area contributed by atoms with Crippen LogP contribution in [0.2, 0.25) is 10.3 Å². The highest BCUT2D eigenvalue weighted by molar-refractivity contribution is 7.98. The molecule has 2 heterocycles. The van der Waals surface area contributed by atoms with E-state index in [-0.39, 0.29) is 10.3 Å². The van der Waals surface area contributed by atoms with E-state index in [0.29, 0.717) is 10.3 Å². The van der Waals surface area contributed by atoms with Crippen molar-refractivity contribution in [2.75, 3.05) is 12.5 Å². The second-order valence-corrected chi connectivity index (χ2v) is 6.76. The minimum atomic E-state index is -3.33. The van der Waals surface area contributed by atoms with E-state index in [2.05, 4.69) is 19.9 Å². The maximum absolute atomic E-state index is 10.8. The quantitative estimate of drug-likeness (QED) is 0.465. The summed E-state index contributed by atoms with van der Waals surface area (Å²) in [6, 6.07) is 3.07. The molecule has 0 amide bonds. The minimum absolute atomic E-state index is 0.125. The van der Waals surface area contributed by atoms with Gasteiger partial charge in [-0.3, -0.25) is 0 Å². The third-order valence-corrected chi connectivity index (χ3v) is 3.56. The molecule has 0 N–H and O–H groups in total. The van der Waals surface area contributed by atoms with Crippen molar-refractivity contribution in [3.05, 3.63) is 34.8 Å². The molecule has 2 aromatic heterocycles. The fourth-order valence-electron chi connectivity index (χ4n) is 0.917.